The van der Waals surface area contributed by atoms with Crippen LogP contribution in [-0.2, 0) is 9.47 Å². The maximum absolute atomic E-state index is 12.8. The van der Waals surface area contributed by atoms with Crippen molar-refractivity contribution in [3.8, 4) is 17.2 Å². The van der Waals surface area contributed by atoms with E-state index in [9.17, 15) is 4.79 Å². The molecule has 1 aliphatic heterocycles. The van der Waals surface area contributed by atoms with Crippen molar-refractivity contribution in [3.05, 3.63) is 53.6 Å². The molecule has 2 aromatic carbocycles. The number of fused-ring (bicyclic) bond motifs is 1. The number of ether oxygens (including phenoxy) is 5. The highest BCUT2D eigenvalue weighted by molar-refractivity contribution is 6.02. The summed E-state index contributed by atoms with van der Waals surface area (Å²) in [4.78, 5) is 12.8. The second-order valence-electron chi connectivity index (χ2n) is 5.95. The lowest BCUT2D eigenvalue weighted by atomic mass is 9.95. The first kappa shape index (κ1) is 19.2. The first-order valence-electron chi connectivity index (χ1n) is 9.06. The van der Waals surface area contributed by atoms with Crippen LogP contribution in [0.15, 0.2) is 42.5 Å². The van der Waals surface area contributed by atoms with E-state index in [4.69, 9.17) is 23.7 Å². The Hall–Kier alpha value is -2.57. The Kier molecular flexibility index (Phi) is 6.68. The zero-order valence-corrected chi connectivity index (χ0v) is 15.6. The lowest BCUT2D eigenvalue weighted by Crippen LogP contribution is -2.21. The minimum atomic E-state index is -0.340. The van der Waals surface area contributed by atoms with Crippen LogP contribution in [0.1, 0.15) is 42.3 Å². The van der Waals surface area contributed by atoms with Crippen molar-refractivity contribution < 1.29 is 28.5 Å². The topological polar surface area (TPSA) is 63.2 Å². The highest BCUT2D eigenvalue weighted by Crippen LogP contribution is 2.42. The second kappa shape index (κ2) is 9.39. The van der Waals surface area contributed by atoms with Gasteiger partial charge in [-0.05, 0) is 19.4 Å². The molecule has 1 atom stereocenters. The van der Waals surface area contributed by atoms with E-state index in [1.54, 1.807) is 12.1 Å². The highest BCUT2D eigenvalue weighted by Gasteiger charge is 2.31. The van der Waals surface area contributed by atoms with Crippen molar-refractivity contribution in [2.24, 2.45) is 0 Å². The predicted molar refractivity (Wildman–Crippen MR) is 99.4 cm³/mol. The van der Waals surface area contributed by atoms with E-state index in [1.807, 2.05) is 44.2 Å². The van der Waals surface area contributed by atoms with Gasteiger partial charge >= 0.3 is 0 Å². The average molecular weight is 372 g/mol. The van der Waals surface area contributed by atoms with Crippen molar-refractivity contribution in [2.75, 3.05) is 26.8 Å². The lowest BCUT2D eigenvalue weighted by molar-refractivity contribution is 0.0170. The lowest BCUT2D eigenvalue weighted by Gasteiger charge is -2.27. The molecule has 0 aliphatic carbocycles. The van der Waals surface area contributed by atoms with Gasteiger partial charge in [-0.2, -0.15) is 0 Å². The predicted octanol–water partition coefficient (Wildman–Crippen LogP) is 4.14. The number of hydrogen-bond donors (Lipinski definition) is 0. The van der Waals surface area contributed by atoms with Gasteiger partial charge in [0.1, 0.15) is 28.9 Å². The third kappa shape index (κ3) is 4.78. The van der Waals surface area contributed by atoms with Crippen LogP contribution in [0, 0.1) is 0 Å². The smallest absolute Gasteiger partial charge is 0.189 e. The molecule has 0 spiro atoms. The summed E-state index contributed by atoms with van der Waals surface area (Å²) in [5.74, 6) is 1.31. The Morgan fingerprint density at radius 1 is 1.00 bits per heavy atom. The number of Topliss-reactive ketones (excluding diaryl/α,β-unsaturated/α-hetero) is 1. The van der Waals surface area contributed by atoms with Gasteiger partial charge in [-0.3, -0.25) is 4.79 Å². The molecule has 0 saturated carbocycles. The molecular formula is C21H24O6. The molecule has 1 unspecified atom stereocenters. The van der Waals surface area contributed by atoms with Crippen molar-refractivity contribution >= 4 is 5.78 Å². The SMILES string of the molecule is CCOCOc1cc(OCOCC)c2c(c1)OC(c1ccccc1)CC2=O. The molecule has 0 bridgehead atoms. The van der Waals surface area contributed by atoms with Gasteiger partial charge < -0.3 is 23.7 Å². The molecule has 6 nitrogen and oxygen atoms in total. The molecule has 0 radical (unpaired) electrons. The molecule has 1 heterocycles. The quantitative estimate of drug-likeness (QED) is 0.487. The van der Waals surface area contributed by atoms with Crippen LogP contribution >= 0.6 is 0 Å². The summed E-state index contributed by atoms with van der Waals surface area (Å²) in [7, 11) is 0. The van der Waals surface area contributed by atoms with Crippen LogP contribution < -0.4 is 14.2 Å². The Balaban J connectivity index is 1.89. The summed E-state index contributed by atoms with van der Waals surface area (Å²) < 4.78 is 27.9. The largest absolute Gasteiger partial charge is 0.484 e. The van der Waals surface area contributed by atoms with Crippen LogP contribution in [0.5, 0.6) is 17.2 Å². The van der Waals surface area contributed by atoms with E-state index in [1.165, 1.54) is 0 Å². The van der Waals surface area contributed by atoms with E-state index in [0.29, 0.717) is 36.0 Å². The maximum atomic E-state index is 12.8. The third-order valence-corrected chi connectivity index (χ3v) is 4.14. The van der Waals surface area contributed by atoms with Crippen LogP contribution in [0.3, 0.4) is 0 Å². The molecule has 144 valence electrons. The molecule has 0 fully saturated rings. The number of ketones is 1. The van der Waals surface area contributed by atoms with Gasteiger partial charge in [-0.25, -0.2) is 0 Å². The Bertz CT molecular complexity index is 759. The van der Waals surface area contributed by atoms with E-state index in [2.05, 4.69) is 0 Å². The van der Waals surface area contributed by atoms with Crippen LogP contribution in [0.2, 0.25) is 0 Å². The van der Waals surface area contributed by atoms with Crippen molar-refractivity contribution in [1.29, 1.82) is 0 Å². The van der Waals surface area contributed by atoms with E-state index in [0.717, 1.165) is 5.56 Å². The van der Waals surface area contributed by atoms with Gasteiger partial charge in [-0.15, -0.1) is 0 Å². The van der Waals surface area contributed by atoms with Crippen molar-refractivity contribution in [2.45, 2.75) is 26.4 Å². The van der Waals surface area contributed by atoms with Gasteiger partial charge in [0, 0.05) is 25.3 Å². The van der Waals surface area contributed by atoms with Crippen molar-refractivity contribution in [3.63, 3.8) is 0 Å². The number of carbonyl (C=O) groups is 1. The minimum Gasteiger partial charge on any atom is -0.484 e. The Morgan fingerprint density at radius 3 is 2.41 bits per heavy atom. The number of carbonyl (C=O) groups excluding carboxylic acids is 1. The molecule has 0 saturated heterocycles. The number of hydrogen-bond acceptors (Lipinski definition) is 6. The summed E-state index contributed by atoms with van der Waals surface area (Å²) in [5.41, 5.74) is 1.37. The first-order chi connectivity index (χ1) is 13.2. The summed E-state index contributed by atoms with van der Waals surface area (Å²) in [5, 5.41) is 0. The molecule has 0 aromatic heterocycles. The number of benzene rings is 2. The van der Waals surface area contributed by atoms with Crippen molar-refractivity contribution in [1.82, 2.24) is 0 Å². The average Bonchev–Trinajstić information content (AvgIpc) is 2.68. The molecule has 1 aliphatic rings. The van der Waals surface area contributed by atoms with E-state index >= 15 is 0 Å². The summed E-state index contributed by atoms with van der Waals surface area (Å²) in [6.07, 6.45) is -0.0886. The summed E-state index contributed by atoms with van der Waals surface area (Å²) >= 11 is 0. The highest BCUT2D eigenvalue weighted by atomic mass is 16.7. The van der Waals surface area contributed by atoms with Gasteiger partial charge in [-0.1, -0.05) is 30.3 Å². The molecule has 2 aromatic rings. The summed E-state index contributed by atoms with van der Waals surface area (Å²) in [6.45, 7) is 4.98. The minimum absolute atomic E-state index is 0.0343. The van der Waals surface area contributed by atoms with E-state index in [-0.39, 0.29) is 31.9 Å². The second-order valence-corrected chi connectivity index (χ2v) is 5.95. The van der Waals surface area contributed by atoms with Crippen LogP contribution in [-0.4, -0.2) is 32.6 Å². The fourth-order valence-electron chi connectivity index (χ4n) is 2.83. The first-order valence-corrected chi connectivity index (χ1v) is 9.06. The number of rotatable bonds is 9. The standard InChI is InChI=1S/C21H24O6/c1-3-23-13-25-16-10-19(26-14-24-4-2)21-17(22)12-18(27-20(21)11-16)15-8-6-5-7-9-15/h5-11,18H,3-4,12-14H2,1-2H3. The molecule has 3 rings (SSSR count). The van der Waals surface area contributed by atoms with Gasteiger partial charge in [0.05, 0.1) is 6.42 Å². The fraction of sp³-hybridized carbons (Fsp3) is 0.381. The molecule has 0 N–H and O–H groups in total. The Morgan fingerprint density at radius 2 is 1.70 bits per heavy atom. The molecule has 6 heteroatoms. The van der Waals surface area contributed by atoms with E-state index < -0.39 is 0 Å². The zero-order valence-electron chi connectivity index (χ0n) is 15.6. The summed E-state index contributed by atoms with van der Waals surface area (Å²) in [6, 6.07) is 13.1. The van der Waals surface area contributed by atoms with Crippen LogP contribution in [0.25, 0.3) is 0 Å². The fourth-order valence-corrected chi connectivity index (χ4v) is 2.83. The molecule has 27 heavy (non-hydrogen) atoms. The molecular weight excluding hydrogens is 348 g/mol. The van der Waals surface area contributed by atoms with Gasteiger partial charge in [0.2, 0.25) is 0 Å². The third-order valence-electron chi connectivity index (χ3n) is 4.14. The monoisotopic (exact) mass is 372 g/mol. The normalized spacial score (nSPS) is 15.8. The maximum Gasteiger partial charge on any atom is 0.189 e. The zero-order chi connectivity index (χ0) is 19.1. The van der Waals surface area contributed by atoms with Crippen LogP contribution in [0.4, 0.5) is 0 Å². The van der Waals surface area contributed by atoms with Gasteiger partial charge in [0.25, 0.3) is 0 Å². The molecule has 0 amide bonds. The Labute approximate surface area is 158 Å². The van der Waals surface area contributed by atoms with Gasteiger partial charge in [0.15, 0.2) is 19.4 Å².